The van der Waals surface area contributed by atoms with E-state index in [0.29, 0.717) is 6.54 Å². The molecule has 1 amide bonds. The predicted molar refractivity (Wildman–Crippen MR) is 123 cm³/mol. The van der Waals surface area contributed by atoms with Crippen molar-refractivity contribution in [2.45, 2.75) is 36.0 Å². The first-order valence-electron chi connectivity index (χ1n) is 9.41. The first kappa shape index (κ1) is 23.5. The van der Waals surface area contributed by atoms with Crippen LogP contribution in [0.3, 0.4) is 0 Å². The Hall–Kier alpha value is -1.73. The largest absolute Gasteiger partial charge is 0.334 e. The minimum atomic E-state index is 0. The molecule has 1 atom stereocenters. The number of benzene rings is 1. The minimum Gasteiger partial charge on any atom is -0.334 e. The highest BCUT2D eigenvalue weighted by Crippen LogP contribution is 2.24. The number of aromatic nitrogens is 2. The zero-order chi connectivity index (χ0) is 18.6. The van der Waals surface area contributed by atoms with E-state index >= 15 is 0 Å². The number of pyridine rings is 1. The fourth-order valence-corrected chi connectivity index (χ4v) is 4.37. The van der Waals surface area contributed by atoms with E-state index in [0.717, 1.165) is 53.4 Å². The quantitative estimate of drug-likeness (QED) is 0.581. The summed E-state index contributed by atoms with van der Waals surface area (Å²) in [7, 11) is 0. The number of nitrogens with two attached hydrogens (primary N) is 1. The molecule has 1 aliphatic rings. The maximum absolute atomic E-state index is 12.8. The van der Waals surface area contributed by atoms with Gasteiger partial charge in [0, 0.05) is 47.7 Å². The van der Waals surface area contributed by atoms with Gasteiger partial charge in [-0.25, -0.2) is 4.98 Å². The van der Waals surface area contributed by atoms with Gasteiger partial charge in [-0.1, -0.05) is 6.07 Å². The van der Waals surface area contributed by atoms with E-state index in [9.17, 15) is 4.79 Å². The maximum atomic E-state index is 12.8. The molecule has 5 nitrogen and oxygen atoms in total. The molecule has 4 rings (SSSR count). The summed E-state index contributed by atoms with van der Waals surface area (Å²) in [6.45, 7) is 1.35. The molecule has 1 aliphatic heterocycles. The molecule has 29 heavy (non-hydrogen) atoms. The van der Waals surface area contributed by atoms with Crippen LogP contribution in [-0.4, -0.2) is 39.3 Å². The van der Waals surface area contributed by atoms with Gasteiger partial charge in [0.05, 0.1) is 5.69 Å². The Morgan fingerprint density at radius 2 is 1.93 bits per heavy atom. The van der Waals surface area contributed by atoms with Gasteiger partial charge < -0.3 is 15.0 Å². The number of imidazole rings is 1. The molecule has 1 saturated heterocycles. The molecule has 2 N–H and O–H groups in total. The summed E-state index contributed by atoms with van der Waals surface area (Å²) in [5, 5.41) is 0. The van der Waals surface area contributed by atoms with Crippen LogP contribution in [0.15, 0.2) is 59.8 Å². The molecular weight excluding hydrogens is 427 g/mol. The number of hydrogen-bond donors (Lipinski definition) is 1. The average molecular weight is 453 g/mol. The number of carbonyl (C=O) groups is 1. The summed E-state index contributed by atoms with van der Waals surface area (Å²) in [5.74, 6) is 0.901. The fraction of sp³-hybridized carbons (Fsp3) is 0.333. The molecule has 1 unspecified atom stereocenters. The normalized spacial score (nSPS) is 16.2. The van der Waals surface area contributed by atoms with E-state index in [1.54, 1.807) is 11.8 Å². The van der Waals surface area contributed by atoms with E-state index in [1.807, 2.05) is 58.0 Å². The zero-order valence-electron chi connectivity index (χ0n) is 16.1. The molecule has 1 fully saturated rings. The van der Waals surface area contributed by atoms with Gasteiger partial charge in [0.1, 0.15) is 5.65 Å². The van der Waals surface area contributed by atoms with Crippen LogP contribution < -0.4 is 5.73 Å². The van der Waals surface area contributed by atoms with E-state index in [-0.39, 0.29) is 36.8 Å². The molecule has 0 saturated carbocycles. The van der Waals surface area contributed by atoms with Crippen molar-refractivity contribution < 1.29 is 4.79 Å². The van der Waals surface area contributed by atoms with Gasteiger partial charge in [0.25, 0.3) is 5.91 Å². The summed E-state index contributed by atoms with van der Waals surface area (Å²) in [5.41, 5.74) is 8.60. The van der Waals surface area contributed by atoms with Gasteiger partial charge in [-0.15, -0.1) is 36.6 Å². The maximum Gasteiger partial charge on any atom is 0.254 e. The first-order valence-corrected chi connectivity index (χ1v) is 10.4. The van der Waals surface area contributed by atoms with Crippen LogP contribution in [0, 0.1) is 0 Å². The Labute approximate surface area is 187 Å². The third-order valence-electron chi connectivity index (χ3n) is 5.06. The predicted octanol–water partition coefficient (Wildman–Crippen LogP) is 4.42. The number of piperidine rings is 1. The number of amides is 1. The van der Waals surface area contributed by atoms with Crippen molar-refractivity contribution in [3.63, 3.8) is 0 Å². The summed E-state index contributed by atoms with van der Waals surface area (Å²) in [6, 6.07) is 14.1. The molecule has 3 aromatic rings. The molecule has 0 aliphatic carbocycles. The van der Waals surface area contributed by atoms with Crippen molar-refractivity contribution in [3.8, 4) is 0 Å². The Balaban J connectivity index is 0.00000150. The second-order valence-electron chi connectivity index (χ2n) is 6.90. The van der Waals surface area contributed by atoms with E-state index in [1.165, 1.54) is 0 Å². The van der Waals surface area contributed by atoms with E-state index in [2.05, 4.69) is 11.2 Å². The summed E-state index contributed by atoms with van der Waals surface area (Å²) < 4.78 is 2.03. The Morgan fingerprint density at radius 3 is 2.66 bits per heavy atom. The number of carbonyl (C=O) groups excluding carboxylic acids is 1. The van der Waals surface area contributed by atoms with Crippen molar-refractivity contribution in [3.05, 3.63) is 66.1 Å². The number of rotatable bonds is 5. The highest BCUT2D eigenvalue weighted by atomic mass is 35.5. The summed E-state index contributed by atoms with van der Waals surface area (Å²) in [6.07, 6.45) is 7.30. The second kappa shape index (κ2) is 10.9. The minimum absolute atomic E-state index is 0. The summed E-state index contributed by atoms with van der Waals surface area (Å²) in [4.78, 5) is 20.5. The second-order valence-corrected chi connectivity index (χ2v) is 7.94. The van der Waals surface area contributed by atoms with Crippen molar-refractivity contribution in [2.24, 2.45) is 5.73 Å². The lowest BCUT2D eigenvalue weighted by atomic mass is 10.0. The van der Waals surface area contributed by atoms with Crippen LogP contribution in [0.4, 0.5) is 0 Å². The third-order valence-corrected chi connectivity index (χ3v) is 6.11. The number of hydrogen-bond acceptors (Lipinski definition) is 4. The lowest BCUT2D eigenvalue weighted by Crippen LogP contribution is -2.47. The Kier molecular flexibility index (Phi) is 8.83. The van der Waals surface area contributed by atoms with Crippen LogP contribution in [0.25, 0.3) is 5.65 Å². The number of thioether (sulfide) groups is 1. The lowest BCUT2D eigenvalue weighted by molar-refractivity contribution is 0.0623. The van der Waals surface area contributed by atoms with Crippen molar-refractivity contribution in [2.75, 3.05) is 13.1 Å². The molecule has 8 heteroatoms. The van der Waals surface area contributed by atoms with Crippen LogP contribution in [0.5, 0.6) is 0 Å². The third kappa shape index (κ3) is 5.45. The van der Waals surface area contributed by atoms with Gasteiger partial charge >= 0.3 is 0 Å². The van der Waals surface area contributed by atoms with Gasteiger partial charge in [-0.3, -0.25) is 4.79 Å². The average Bonchev–Trinajstić information content (AvgIpc) is 3.15. The molecule has 2 aromatic heterocycles. The Bertz CT molecular complexity index is 899. The Morgan fingerprint density at radius 1 is 1.14 bits per heavy atom. The molecule has 0 bridgehead atoms. The monoisotopic (exact) mass is 452 g/mol. The number of likely N-dealkylation sites (tertiary alicyclic amines) is 1. The zero-order valence-corrected chi connectivity index (χ0v) is 18.5. The van der Waals surface area contributed by atoms with Crippen LogP contribution >= 0.6 is 36.6 Å². The molecule has 156 valence electrons. The van der Waals surface area contributed by atoms with Crippen molar-refractivity contribution in [1.29, 1.82) is 0 Å². The SMILES string of the molecule is Cl.Cl.NCC1CCCCN1C(=O)c1ccc(SCc2cn3ccccc3n2)cc1. The van der Waals surface area contributed by atoms with Gasteiger partial charge in [0.2, 0.25) is 0 Å². The van der Waals surface area contributed by atoms with Crippen molar-refractivity contribution >= 4 is 48.1 Å². The molecular formula is C21H26Cl2N4OS. The molecule has 0 spiro atoms. The van der Waals surface area contributed by atoms with Crippen LogP contribution in [0.1, 0.15) is 35.3 Å². The highest BCUT2D eigenvalue weighted by molar-refractivity contribution is 7.98. The standard InChI is InChI=1S/C21H24N4OS.2ClH/c22-13-18-5-1-4-12-25(18)21(26)16-7-9-19(10-8-16)27-15-17-14-24-11-3-2-6-20(24)23-17;;/h2-3,6-11,14,18H,1,4-5,12-13,15,22H2;2*1H. The first-order chi connectivity index (χ1) is 13.2. The van der Waals surface area contributed by atoms with Gasteiger partial charge in [0.15, 0.2) is 0 Å². The number of nitrogens with zero attached hydrogens (tertiary/aromatic N) is 3. The van der Waals surface area contributed by atoms with Crippen LogP contribution in [0.2, 0.25) is 0 Å². The molecule has 1 aromatic carbocycles. The van der Waals surface area contributed by atoms with Gasteiger partial charge in [-0.05, 0) is 55.7 Å². The van der Waals surface area contributed by atoms with Crippen molar-refractivity contribution in [1.82, 2.24) is 14.3 Å². The number of fused-ring (bicyclic) bond motifs is 1. The smallest absolute Gasteiger partial charge is 0.254 e. The molecule has 3 heterocycles. The van der Waals surface area contributed by atoms with Crippen LogP contribution in [-0.2, 0) is 5.75 Å². The summed E-state index contributed by atoms with van der Waals surface area (Å²) >= 11 is 1.73. The molecule has 0 radical (unpaired) electrons. The van der Waals surface area contributed by atoms with Gasteiger partial charge in [-0.2, -0.15) is 0 Å². The van der Waals surface area contributed by atoms with E-state index in [4.69, 9.17) is 5.73 Å². The number of halogens is 2. The fourth-order valence-electron chi connectivity index (χ4n) is 3.59. The highest BCUT2D eigenvalue weighted by Gasteiger charge is 2.26. The topological polar surface area (TPSA) is 63.6 Å². The lowest BCUT2D eigenvalue weighted by Gasteiger charge is -2.35. The van der Waals surface area contributed by atoms with E-state index < -0.39 is 0 Å².